The first-order chi connectivity index (χ1) is 10.1. The van der Waals surface area contributed by atoms with E-state index in [1.54, 1.807) is 6.07 Å². The van der Waals surface area contributed by atoms with Gasteiger partial charge in [-0.1, -0.05) is 0 Å². The van der Waals surface area contributed by atoms with Gasteiger partial charge in [-0.2, -0.15) is 0 Å². The largest absolute Gasteiger partial charge is 0.461 e. The molecule has 1 N–H and O–H groups in total. The minimum Gasteiger partial charge on any atom is -0.461 e. The minimum absolute atomic E-state index is 0.0163. The van der Waals surface area contributed by atoms with E-state index in [0.717, 1.165) is 16.4 Å². The maximum Gasteiger partial charge on any atom is 0.348 e. The Labute approximate surface area is 125 Å². The van der Waals surface area contributed by atoms with Crippen molar-refractivity contribution in [3.05, 3.63) is 34.9 Å². The lowest BCUT2D eigenvalue weighted by molar-refractivity contribution is -0.119. The monoisotopic (exact) mass is 305 g/mol. The second-order valence-electron chi connectivity index (χ2n) is 5.05. The van der Waals surface area contributed by atoms with Crippen molar-refractivity contribution in [2.24, 2.45) is 5.92 Å². The highest BCUT2D eigenvalue weighted by Crippen LogP contribution is 2.30. The van der Waals surface area contributed by atoms with Crippen LogP contribution in [0.3, 0.4) is 0 Å². The molecular formula is C15H15NO4S. The average Bonchev–Trinajstić information content (AvgIpc) is 3.16. The molecule has 3 rings (SSSR count). The Morgan fingerprint density at radius 1 is 1.43 bits per heavy atom. The number of hydrogen-bond donors (Lipinski definition) is 1. The van der Waals surface area contributed by atoms with Crippen molar-refractivity contribution in [2.75, 3.05) is 13.2 Å². The Morgan fingerprint density at radius 2 is 2.29 bits per heavy atom. The molecule has 0 saturated carbocycles. The van der Waals surface area contributed by atoms with Crippen LogP contribution in [0.15, 0.2) is 28.7 Å². The van der Waals surface area contributed by atoms with Crippen LogP contribution in [-0.4, -0.2) is 25.0 Å². The van der Waals surface area contributed by atoms with Crippen LogP contribution < -0.4 is 5.32 Å². The molecule has 6 heteroatoms. The van der Waals surface area contributed by atoms with Crippen LogP contribution in [0.4, 0.5) is 0 Å². The summed E-state index contributed by atoms with van der Waals surface area (Å²) < 4.78 is 10.8. The van der Waals surface area contributed by atoms with Gasteiger partial charge in [0.1, 0.15) is 16.4 Å². The Hall–Kier alpha value is -2.08. The van der Waals surface area contributed by atoms with E-state index in [1.165, 1.54) is 11.3 Å². The SMILES string of the molecule is Cc1ccc(-c2ccc(C(=O)OC[C@H]3CNC(=O)C3)s2)o1. The Morgan fingerprint density at radius 3 is 2.95 bits per heavy atom. The van der Waals surface area contributed by atoms with Crippen LogP contribution in [-0.2, 0) is 9.53 Å². The van der Waals surface area contributed by atoms with E-state index in [9.17, 15) is 9.59 Å². The number of aryl methyl sites for hydroxylation is 1. The van der Waals surface area contributed by atoms with Gasteiger partial charge >= 0.3 is 5.97 Å². The number of hydrogen-bond acceptors (Lipinski definition) is 5. The lowest BCUT2D eigenvalue weighted by Crippen LogP contribution is -2.17. The number of carbonyl (C=O) groups excluding carboxylic acids is 2. The molecule has 21 heavy (non-hydrogen) atoms. The van der Waals surface area contributed by atoms with E-state index in [-0.39, 0.29) is 24.4 Å². The minimum atomic E-state index is -0.353. The van der Waals surface area contributed by atoms with Crippen molar-refractivity contribution >= 4 is 23.2 Å². The number of ether oxygens (including phenoxy) is 1. The summed E-state index contributed by atoms with van der Waals surface area (Å²) >= 11 is 1.34. The molecule has 1 aliphatic rings. The third kappa shape index (κ3) is 3.16. The van der Waals surface area contributed by atoms with Crippen molar-refractivity contribution in [1.29, 1.82) is 0 Å². The summed E-state index contributed by atoms with van der Waals surface area (Å²) in [6, 6.07) is 7.35. The van der Waals surface area contributed by atoms with Gasteiger partial charge in [0.05, 0.1) is 11.5 Å². The number of thiophene rings is 1. The van der Waals surface area contributed by atoms with Crippen molar-refractivity contribution < 1.29 is 18.7 Å². The van der Waals surface area contributed by atoms with Crippen molar-refractivity contribution in [3.63, 3.8) is 0 Å². The van der Waals surface area contributed by atoms with Gasteiger partial charge in [0.25, 0.3) is 0 Å². The fourth-order valence-electron chi connectivity index (χ4n) is 2.19. The van der Waals surface area contributed by atoms with Gasteiger partial charge < -0.3 is 14.5 Å². The highest BCUT2D eigenvalue weighted by Gasteiger charge is 2.23. The quantitative estimate of drug-likeness (QED) is 0.882. The molecule has 1 saturated heterocycles. The molecule has 1 fully saturated rings. The molecule has 1 atom stereocenters. The first kappa shape index (κ1) is 13.9. The summed E-state index contributed by atoms with van der Waals surface area (Å²) in [6.45, 7) is 2.72. The van der Waals surface area contributed by atoms with Crippen molar-refractivity contribution in [2.45, 2.75) is 13.3 Å². The van der Waals surface area contributed by atoms with Gasteiger partial charge in [-0.15, -0.1) is 11.3 Å². The molecule has 2 aromatic heterocycles. The summed E-state index contributed by atoms with van der Waals surface area (Å²) in [5.41, 5.74) is 0. The van der Waals surface area contributed by atoms with E-state index in [2.05, 4.69) is 5.32 Å². The molecular weight excluding hydrogens is 290 g/mol. The van der Waals surface area contributed by atoms with Gasteiger partial charge in [0, 0.05) is 18.9 Å². The summed E-state index contributed by atoms with van der Waals surface area (Å²) in [5.74, 6) is 1.33. The lowest BCUT2D eigenvalue weighted by atomic mass is 10.1. The molecule has 2 aromatic rings. The number of carbonyl (C=O) groups is 2. The molecule has 5 nitrogen and oxygen atoms in total. The number of amides is 1. The zero-order chi connectivity index (χ0) is 14.8. The third-order valence-corrected chi connectivity index (χ3v) is 4.38. The lowest BCUT2D eigenvalue weighted by Gasteiger charge is -2.07. The fraction of sp³-hybridized carbons (Fsp3) is 0.333. The maximum absolute atomic E-state index is 12.0. The second-order valence-corrected chi connectivity index (χ2v) is 6.13. The highest BCUT2D eigenvalue weighted by atomic mass is 32.1. The fourth-order valence-corrected chi connectivity index (χ4v) is 3.06. The summed E-state index contributed by atoms with van der Waals surface area (Å²) in [7, 11) is 0. The van der Waals surface area contributed by atoms with E-state index in [0.29, 0.717) is 17.8 Å². The smallest absolute Gasteiger partial charge is 0.348 e. The third-order valence-electron chi connectivity index (χ3n) is 3.30. The normalized spacial score (nSPS) is 17.8. The molecule has 110 valence electrons. The summed E-state index contributed by atoms with van der Waals surface area (Å²) in [6.07, 6.45) is 0.425. The van der Waals surface area contributed by atoms with Gasteiger partial charge in [0.2, 0.25) is 5.91 Å². The highest BCUT2D eigenvalue weighted by molar-refractivity contribution is 7.17. The van der Waals surface area contributed by atoms with E-state index in [4.69, 9.17) is 9.15 Å². The molecule has 1 amide bonds. The van der Waals surface area contributed by atoms with Crippen LogP contribution in [0.1, 0.15) is 21.9 Å². The molecule has 0 radical (unpaired) electrons. The van der Waals surface area contributed by atoms with Crippen LogP contribution in [0.25, 0.3) is 10.6 Å². The summed E-state index contributed by atoms with van der Waals surface area (Å²) in [5, 5.41) is 2.72. The zero-order valence-corrected chi connectivity index (χ0v) is 12.4. The van der Waals surface area contributed by atoms with Gasteiger partial charge in [0.15, 0.2) is 0 Å². The van der Waals surface area contributed by atoms with Gasteiger partial charge in [-0.3, -0.25) is 4.79 Å². The van der Waals surface area contributed by atoms with Gasteiger partial charge in [-0.25, -0.2) is 4.79 Å². The van der Waals surface area contributed by atoms with Crippen LogP contribution >= 0.6 is 11.3 Å². The average molecular weight is 305 g/mol. The predicted molar refractivity (Wildman–Crippen MR) is 78.2 cm³/mol. The molecule has 1 aliphatic heterocycles. The van der Waals surface area contributed by atoms with E-state index < -0.39 is 0 Å². The number of furan rings is 1. The molecule has 0 aliphatic carbocycles. The Balaban J connectivity index is 1.60. The second kappa shape index (κ2) is 5.73. The predicted octanol–water partition coefficient (Wildman–Crippen LogP) is 2.61. The molecule has 0 unspecified atom stereocenters. The Bertz CT molecular complexity index is 673. The molecule has 0 spiro atoms. The molecule has 3 heterocycles. The first-order valence-corrected chi connectivity index (χ1v) is 7.54. The van der Waals surface area contributed by atoms with E-state index in [1.807, 2.05) is 25.1 Å². The standard InChI is InChI=1S/C15H15NO4S/c1-9-2-3-11(20-9)12-4-5-13(21-12)15(18)19-8-10-6-14(17)16-7-10/h2-5,10H,6-8H2,1H3,(H,16,17)/t10-/m1/s1. The van der Waals surface area contributed by atoms with E-state index >= 15 is 0 Å². The van der Waals surface area contributed by atoms with Gasteiger partial charge in [-0.05, 0) is 31.2 Å². The topological polar surface area (TPSA) is 68.5 Å². The van der Waals surface area contributed by atoms with Crippen LogP contribution in [0.5, 0.6) is 0 Å². The molecule has 0 bridgehead atoms. The van der Waals surface area contributed by atoms with Crippen molar-refractivity contribution in [1.82, 2.24) is 5.32 Å². The number of nitrogens with one attached hydrogen (secondary N) is 1. The van der Waals surface area contributed by atoms with Crippen LogP contribution in [0.2, 0.25) is 0 Å². The van der Waals surface area contributed by atoms with Crippen LogP contribution in [0, 0.1) is 12.8 Å². The Kier molecular flexibility index (Phi) is 3.79. The number of rotatable bonds is 4. The zero-order valence-electron chi connectivity index (χ0n) is 11.5. The number of esters is 1. The maximum atomic E-state index is 12.0. The molecule has 0 aromatic carbocycles. The first-order valence-electron chi connectivity index (χ1n) is 6.72. The van der Waals surface area contributed by atoms with Crippen molar-refractivity contribution in [3.8, 4) is 10.6 Å². The summed E-state index contributed by atoms with van der Waals surface area (Å²) in [4.78, 5) is 24.5.